The molecule has 3 N–H and O–H groups in total. The van der Waals surface area contributed by atoms with E-state index in [1.807, 2.05) is 6.07 Å². The fraction of sp³-hybridized carbons (Fsp3) is 0.562. The van der Waals surface area contributed by atoms with Gasteiger partial charge in [-0.05, 0) is 57.2 Å². The average Bonchev–Trinajstić information content (AvgIpc) is 2.85. The van der Waals surface area contributed by atoms with Crippen LogP contribution in [0.5, 0.6) is 0 Å². The number of hydrogen-bond donors (Lipinski definition) is 2. The first-order chi connectivity index (χ1) is 9.81. The largest absolute Gasteiger partial charge is 0.353 e. The lowest BCUT2D eigenvalue weighted by Gasteiger charge is -2.28. The van der Waals surface area contributed by atoms with Crippen molar-refractivity contribution in [3.63, 3.8) is 0 Å². The first kappa shape index (κ1) is 13.4. The van der Waals surface area contributed by atoms with Crippen molar-refractivity contribution in [1.29, 1.82) is 0 Å². The Morgan fingerprint density at radius 2 is 2.00 bits per heavy atom. The summed E-state index contributed by atoms with van der Waals surface area (Å²) in [5.41, 5.74) is 8.05. The third-order valence-corrected chi connectivity index (χ3v) is 4.48. The topological polar surface area (TPSA) is 55.9 Å². The molecule has 4 nitrogen and oxygen atoms in total. The third kappa shape index (κ3) is 2.52. The minimum atomic E-state index is 0.542. The van der Waals surface area contributed by atoms with E-state index in [-0.39, 0.29) is 0 Å². The predicted octanol–water partition coefficient (Wildman–Crippen LogP) is 2.99. The molecule has 0 saturated heterocycles. The van der Waals surface area contributed by atoms with E-state index in [1.54, 1.807) is 0 Å². The number of hydrogen-bond acceptors (Lipinski definition) is 3. The first-order valence-electron chi connectivity index (χ1n) is 7.73. The Kier molecular flexibility index (Phi) is 3.92. The van der Waals surface area contributed by atoms with E-state index in [1.165, 1.54) is 31.2 Å². The highest BCUT2D eigenvalue weighted by molar-refractivity contribution is 5.78. The predicted molar refractivity (Wildman–Crippen MR) is 83.8 cm³/mol. The molecule has 0 unspecified atom stereocenters. The second kappa shape index (κ2) is 5.83. The van der Waals surface area contributed by atoms with Crippen LogP contribution in [0.4, 0.5) is 5.95 Å². The van der Waals surface area contributed by atoms with Crippen LogP contribution in [0.1, 0.15) is 32.6 Å². The van der Waals surface area contributed by atoms with Gasteiger partial charge in [-0.25, -0.2) is 4.98 Å². The summed E-state index contributed by atoms with van der Waals surface area (Å²) in [4.78, 5) is 4.74. The summed E-state index contributed by atoms with van der Waals surface area (Å²) >= 11 is 0. The molecule has 1 aliphatic rings. The van der Waals surface area contributed by atoms with Gasteiger partial charge in [0.15, 0.2) is 0 Å². The monoisotopic (exact) mass is 272 g/mol. The van der Waals surface area contributed by atoms with Crippen LogP contribution >= 0.6 is 0 Å². The van der Waals surface area contributed by atoms with Gasteiger partial charge in [-0.15, -0.1) is 0 Å². The zero-order chi connectivity index (χ0) is 13.9. The van der Waals surface area contributed by atoms with Gasteiger partial charge in [0.05, 0.1) is 11.0 Å². The maximum atomic E-state index is 5.76. The van der Waals surface area contributed by atoms with Gasteiger partial charge in [-0.1, -0.05) is 12.1 Å². The van der Waals surface area contributed by atoms with E-state index in [0.29, 0.717) is 6.04 Å². The highest BCUT2D eigenvalue weighted by atomic mass is 15.2. The lowest BCUT2D eigenvalue weighted by atomic mass is 9.86. The van der Waals surface area contributed by atoms with E-state index in [9.17, 15) is 0 Å². The van der Waals surface area contributed by atoms with Gasteiger partial charge in [-0.2, -0.15) is 0 Å². The molecular formula is C16H24N4. The summed E-state index contributed by atoms with van der Waals surface area (Å²) in [6.45, 7) is 3.95. The molecule has 0 spiro atoms. The molecule has 0 amide bonds. The van der Waals surface area contributed by atoms with Crippen molar-refractivity contribution in [2.45, 2.75) is 45.2 Å². The number of anilines is 1. The van der Waals surface area contributed by atoms with Gasteiger partial charge in [0, 0.05) is 12.6 Å². The Labute approximate surface area is 120 Å². The molecule has 1 aromatic carbocycles. The van der Waals surface area contributed by atoms with Crippen LogP contribution < -0.4 is 11.1 Å². The van der Waals surface area contributed by atoms with Gasteiger partial charge in [-0.3, -0.25) is 0 Å². The molecule has 0 radical (unpaired) electrons. The van der Waals surface area contributed by atoms with Crippen LogP contribution in [0.15, 0.2) is 24.3 Å². The van der Waals surface area contributed by atoms with E-state index < -0.39 is 0 Å². The van der Waals surface area contributed by atoms with Crippen LogP contribution in [0.3, 0.4) is 0 Å². The van der Waals surface area contributed by atoms with Crippen molar-refractivity contribution >= 4 is 17.0 Å². The Hall–Kier alpha value is -1.55. The maximum absolute atomic E-state index is 5.76. The number of para-hydroxylation sites is 2. The summed E-state index contributed by atoms with van der Waals surface area (Å²) in [6, 6.07) is 8.89. The van der Waals surface area contributed by atoms with Crippen LogP contribution in [-0.4, -0.2) is 22.1 Å². The fourth-order valence-corrected chi connectivity index (χ4v) is 3.23. The van der Waals surface area contributed by atoms with Gasteiger partial charge in [0.1, 0.15) is 0 Å². The van der Waals surface area contributed by atoms with Gasteiger partial charge in [0.25, 0.3) is 0 Å². The Balaban J connectivity index is 1.77. The molecule has 1 aliphatic carbocycles. The second-order valence-corrected chi connectivity index (χ2v) is 5.77. The number of aromatic nitrogens is 2. The van der Waals surface area contributed by atoms with Gasteiger partial charge in [0.2, 0.25) is 5.95 Å². The Morgan fingerprint density at radius 1 is 1.25 bits per heavy atom. The molecule has 1 heterocycles. The molecule has 1 fully saturated rings. The van der Waals surface area contributed by atoms with Gasteiger partial charge < -0.3 is 15.6 Å². The average molecular weight is 272 g/mol. The number of nitrogens with two attached hydrogens (primary N) is 1. The summed E-state index contributed by atoms with van der Waals surface area (Å²) in [5, 5.41) is 3.65. The van der Waals surface area contributed by atoms with Crippen molar-refractivity contribution < 1.29 is 0 Å². The molecule has 0 atom stereocenters. The summed E-state index contributed by atoms with van der Waals surface area (Å²) in [5.74, 6) is 1.74. The standard InChI is InChI=1S/C16H24N4/c1-2-20-15-6-4-3-5-14(15)19-16(20)18-13-9-7-12(11-17)8-10-13/h3-6,12-13H,2,7-11,17H2,1H3,(H,18,19). The minimum absolute atomic E-state index is 0.542. The molecule has 4 heteroatoms. The summed E-state index contributed by atoms with van der Waals surface area (Å²) < 4.78 is 2.27. The zero-order valence-electron chi connectivity index (χ0n) is 12.2. The number of nitrogens with one attached hydrogen (secondary N) is 1. The lowest BCUT2D eigenvalue weighted by molar-refractivity contribution is 0.343. The van der Waals surface area contributed by atoms with Crippen molar-refractivity contribution in [2.75, 3.05) is 11.9 Å². The minimum Gasteiger partial charge on any atom is -0.353 e. The molecule has 2 aromatic rings. The molecule has 3 rings (SSSR count). The normalized spacial score (nSPS) is 23.1. The van der Waals surface area contributed by atoms with Crippen molar-refractivity contribution in [3.05, 3.63) is 24.3 Å². The number of benzene rings is 1. The molecule has 1 aromatic heterocycles. The molecule has 0 bridgehead atoms. The number of rotatable bonds is 4. The Bertz CT molecular complexity index is 567. The quantitative estimate of drug-likeness (QED) is 0.899. The SMILES string of the molecule is CCn1c(NC2CCC(CN)CC2)nc2ccccc21. The highest BCUT2D eigenvalue weighted by Crippen LogP contribution is 2.27. The first-order valence-corrected chi connectivity index (χ1v) is 7.73. The Morgan fingerprint density at radius 3 is 2.70 bits per heavy atom. The van der Waals surface area contributed by atoms with Crippen molar-refractivity contribution in [1.82, 2.24) is 9.55 Å². The zero-order valence-corrected chi connectivity index (χ0v) is 12.2. The van der Waals surface area contributed by atoms with Crippen LogP contribution in [0.25, 0.3) is 11.0 Å². The van der Waals surface area contributed by atoms with Crippen LogP contribution in [0.2, 0.25) is 0 Å². The highest BCUT2D eigenvalue weighted by Gasteiger charge is 2.21. The van der Waals surface area contributed by atoms with Crippen LogP contribution in [0, 0.1) is 5.92 Å². The lowest BCUT2D eigenvalue weighted by Crippen LogP contribution is -2.30. The molecule has 20 heavy (non-hydrogen) atoms. The number of aryl methyl sites for hydroxylation is 1. The summed E-state index contributed by atoms with van der Waals surface area (Å²) in [7, 11) is 0. The second-order valence-electron chi connectivity index (χ2n) is 5.77. The van der Waals surface area contributed by atoms with Crippen LogP contribution in [-0.2, 0) is 6.54 Å². The maximum Gasteiger partial charge on any atom is 0.204 e. The number of imidazole rings is 1. The summed E-state index contributed by atoms with van der Waals surface area (Å²) in [6.07, 6.45) is 4.88. The molecule has 0 aliphatic heterocycles. The molecular weight excluding hydrogens is 248 g/mol. The van der Waals surface area contributed by atoms with E-state index >= 15 is 0 Å². The molecule has 108 valence electrons. The van der Waals surface area contributed by atoms with Crippen molar-refractivity contribution in [3.8, 4) is 0 Å². The number of nitrogens with zero attached hydrogens (tertiary/aromatic N) is 2. The molecule has 1 saturated carbocycles. The van der Waals surface area contributed by atoms with E-state index in [0.717, 1.165) is 30.5 Å². The smallest absolute Gasteiger partial charge is 0.204 e. The third-order valence-electron chi connectivity index (χ3n) is 4.48. The van der Waals surface area contributed by atoms with Crippen molar-refractivity contribution in [2.24, 2.45) is 11.7 Å². The van der Waals surface area contributed by atoms with E-state index in [2.05, 4.69) is 35.0 Å². The van der Waals surface area contributed by atoms with E-state index in [4.69, 9.17) is 10.7 Å². The fourth-order valence-electron chi connectivity index (χ4n) is 3.23. The number of fused-ring (bicyclic) bond motifs is 1. The van der Waals surface area contributed by atoms with Gasteiger partial charge >= 0.3 is 0 Å².